The maximum Gasteiger partial charge on any atom is 0.227 e. The first kappa shape index (κ1) is 20.2. The van der Waals surface area contributed by atoms with Crippen molar-refractivity contribution in [3.8, 4) is 22.8 Å². The molecule has 1 saturated heterocycles. The molecule has 1 aliphatic heterocycles. The minimum atomic E-state index is -0.405. The van der Waals surface area contributed by atoms with Gasteiger partial charge in [0.05, 0.1) is 17.0 Å². The van der Waals surface area contributed by atoms with Gasteiger partial charge in [0, 0.05) is 42.9 Å². The largest absolute Gasteiger partial charge is 0.356 e. The summed E-state index contributed by atoms with van der Waals surface area (Å²) in [7, 11) is 0. The van der Waals surface area contributed by atoms with E-state index < -0.39 is 5.41 Å². The Morgan fingerprint density at radius 2 is 2.07 bits per heavy atom. The summed E-state index contributed by atoms with van der Waals surface area (Å²) in [5.41, 5.74) is 2.83. The van der Waals surface area contributed by atoms with E-state index in [0.717, 1.165) is 42.0 Å². The maximum absolute atomic E-state index is 12.9. The molecule has 7 nitrogen and oxygen atoms in total. The van der Waals surface area contributed by atoms with Gasteiger partial charge in [0.25, 0.3) is 0 Å². The molecule has 3 aromatic rings. The Morgan fingerprint density at radius 3 is 2.73 bits per heavy atom. The summed E-state index contributed by atoms with van der Waals surface area (Å²) in [5, 5.41) is 4.03. The Hall–Kier alpha value is -3.09. The number of amides is 1. The molecule has 0 aliphatic carbocycles. The zero-order valence-corrected chi connectivity index (χ0v) is 17.9. The first-order valence-corrected chi connectivity index (χ1v) is 10.3. The number of piperidine rings is 1. The lowest BCUT2D eigenvalue weighted by atomic mass is 9.88. The van der Waals surface area contributed by atoms with Gasteiger partial charge in [-0.1, -0.05) is 32.0 Å². The van der Waals surface area contributed by atoms with Crippen LogP contribution < -0.4 is 0 Å². The fraction of sp³-hybridized carbons (Fsp3) is 0.435. The molecular weight excluding hydrogens is 378 g/mol. The average Bonchev–Trinajstić information content (AvgIpc) is 3.19. The zero-order valence-electron chi connectivity index (χ0n) is 17.9. The second-order valence-electron chi connectivity index (χ2n) is 8.88. The predicted molar refractivity (Wildman–Crippen MR) is 114 cm³/mol. The van der Waals surface area contributed by atoms with E-state index in [4.69, 9.17) is 9.51 Å². The molecule has 1 atom stereocenters. The number of hydrogen-bond donors (Lipinski definition) is 0. The Labute approximate surface area is 176 Å². The van der Waals surface area contributed by atoms with E-state index in [9.17, 15) is 4.79 Å². The molecule has 4 rings (SSSR count). The van der Waals surface area contributed by atoms with Crippen LogP contribution in [0.25, 0.3) is 22.8 Å². The van der Waals surface area contributed by atoms with Crippen LogP contribution in [-0.2, 0) is 4.79 Å². The third-order valence-electron chi connectivity index (χ3n) is 5.34. The highest BCUT2D eigenvalue weighted by Gasteiger charge is 2.33. The quantitative estimate of drug-likeness (QED) is 0.647. The van der Waals surface area contributed by atoms with Crippen molar-refractivity contribution in [2.24, 2.45) is 5.41 Å². The summed E-state index contributed by atoms with van der Waals surface area (Å²) >= 11 is 0. The lowest BCUT2D eigenvalue weighted by Crippen LogP contribution is -2.44. The molecule has 0 N–H and O–H groups in total. The third kappa shape index (κ3) is 4.10. The van der Waals surface area contributed by atoms with Crippen molar-refractivity contribution < 1.29 is 9.32 Å². The predicted octanol–water partition coefficient (Wildman–Crippen LogP) is 4.25. The fourth-order valence-corrected chi connectivity index (χ4v) is 3.86. The normalized spacial score (nSPS) is 17.2. The first-order chi connectivity index (χ1) is 14.3. The zero-order chi connectivity index (χ0) is 21.3. The molecule has 156 valence electrons. The summed E-state index contributed by atoms with van der Waals surface area (Å²) in [4.78, 5) is 28.7. The lowest BCUT2D eigenvalue weighted by molar-refractivity contribution is -0.140. The summed E-state index contributed by atoms with van der Waals surface area (Å²) in [6, 6.07) is 7.58. The minimum absolute atomic E-state index is 0.0934. The average molecular weight is 406 g/mol. The molecule has 0 radical (unpaired) electrons. The molecule has 30 heavy (non-hydrogen) atoms. The Kier molecular flexibility index (Phi) is 5.37. The highest BCUT2D eigenvalue weighted by atomic mass is 16.5. The van der Waals surface area contributed by atoms with Gasteiger partial charge in [0.1, 0.15) is 5.69 Å². The minimum Gasteiger partial charge on any atom is -0.356 e. The smallest absolute Gasteiger partial charge is 0.227 e. The van der Waals surface area contributed by atoms with Crippen molar-refractivity contribution in [1.82, 2.24) is 25.0 Å². The first-order valence-electron chi connectivity index (χ1n) is 10.3. The number of likely N-dealkylation sites (tertiary alicyclic amines) is 1. The van der Waals surface area contributed by atoms with Crippen LogP contribution in [0.1, 0.15) is 50.9 Å². The van der Waals surface area contributed by atoms with Crippen LogP contribution in [-0.4, -0.2) is 44.0 Å². The van der Waals surface area contributed by atoms with Crippen molar-refractivity contribution >= 4 is 5.91 Å². The summed E-state index contributed by atoms with van der Waals surface area (Å²) in [5.74, 6) is 1.48. The van der Waals surface area contributed by atoms with E-state index in [1.807, 2.05) is 56.9 Å². The van der Waals surface area contributed by atoms with E-state index in [0.29, 0.717) is 18.1 Å². The van der Waals surface area contributed by atoms with Gasteiger partial charge in [-0.05, 0) is 31.9 Å². The Bertz CT molecular complexity index is 1040. The summed E-state index contributed by atoms with van der Waals surface area (Å²) < 4.78 is 5.53. The molecule has 1 aliphatic rings. The van der Waals surface area contributed by atoms with Crippen LogP contribution in [0.4, 0.5) is 0 Å². The number of rotatable bonds is 3. The van der Waals surface area contributed by atoms with Crippen LogP contribution in [0.15, 0.2) is 41.2 Å². The monoisotopic (exact) mass is 405 g/mol. The number of nitrogens with zero attached hydrogens (tertiary/aromatic N) is 5. The van der Waals surface area contributed by atoms with Gasteiger partial charge >= 0.3 is 0 Å². The van der Waals surface area contributed by atoms with Crippen molar-refractivity contribution in [3.63, 3.8) is 0 Å². The summed E-state index contributed by atoms with van der Waals surface area (Å²) in [6.07, 6.45) is 5.41. The van der Waals surface area contributed by atoms with E-state index in [2.05, 4.69) is 15.1 Å². The van der Waals surface area contributed by atoms with Gasteiger partial charge in [-0.15, -0.1) is 0 Å². The standard InChI is InChI=1S/C23H27N5O2/c1-15-12-19(30-27-15)17-13-25-21(18-9-5-6-10-24-18)26-20(17)16-8-7-11-28(14-16)22(29)23(2,3)4/h5-6,9-10,12-13,16H,7-8,11,14H2,1-4H3. The number of aryl methyl sites for hydroxylation is 1. The van der Waals surface area contributed by atoms with Gasteiger partial charge in [0.15, 0.2) is 11.6 Å². The highest BCUT2D eigenvalue weighted by molar-refractivity contribution is 5.81. The maximum atomic E-state index is 12.9. The molecule has 1 amide bonds. The van der Waals surface area contributed by atoms with Crippen LogP contribution in [0.2, 0.25) is 0 Å². The molecule has 0 saturated carbocycles. The topological polar surface area (TPSA) is 85.0 Å². The molecule has 0 spiro atoms. The van der Waals surface area contributed by atoms with Crippen LogP contribution >= 0.6 is 0 Å². The van der Waals surface area contributed by atoms with Crippen molar-refractivity contribution in [1.29, 1.82) is 0 Å². The summed E-state index contributed by atoms with van der Waals surface area (Å²) in [6.45, 7) is 9.19. The number of pyridine rings is 1. The molecule has 1 fully saturated rings. The van der Waals surface area contributed by atoms with Gasteiger partial charge in [-0.3, -0.25) is 9.78 Å². The highest BCUT2D eigenvalue weighted by Crippen LogP contribution is 2.35. The fourth-order valence-electron chi connectivity index (χ4n) is 3.86. The number of hydrogen-bond acceptors (Lipinski definition) is 6. The number of aromatic nitrogens is 4. The van der Waals surface area contributed by atoms with Crippen molar-refractivity contribution in [2.75, 3.05) is 13.1 Å². The second-order valence-corrected chi connectivity index (χ2v) is 8.88. The number of carbonyl (C=O) groups is 1. The van der Waals surface area contributed by atoms with Crippen molar-refractivity contribution in [3.05, 3.63) is 48.0 Å². The molecule has 3 aromatic heterocycles. The molecule has 4 heterocycles. The van der Waals surface area contributed by atoms with Crippen molar-refractivity contribution in [2.45, 2.75) is 46.5 Å². The van der Waals surface area contributed by atoms with Crippen LogP contribution in [0, 0.1) is 12.3 Å². The van der Waals surface area contributed by atoms with E-state index in [1.54, 1.807) is 12.4 Å². The number of carbonyl (C=O) groups excluding carboxylic acids is 1. The Balaban J connectivity index is 1.75. The third-order valence-corrected chi connectivity index (χ3v) is 5.34. The SMILES string of the molecule is Cc1cc(-c2cnc(-c3ccccn3)nc2C2CCCN(C(=O)C(C)(C)C)C2)on1. The van der Waals surface area contributed by atoms with Crippen LogP contribution in [0.5, 0.6) is 0 Å². The van der Waals surface area contributed by atoms with E-state index >= 15 is 0 Å². The molecule has 7 heteroatoms. The van der Waals surface area contributed by atoms with Gasteiger partial charge in [-0.25, -0.2) is 9.97 Å². The molecule has 0 bridgehead atoms. The molecular formula is C23H27N5O2. The van der Waals surface area contributed by atoms with Gasteiger partial charge in [0.2, 0.25) is 5.91 Å². The lowest BCUT2D eigenvalue weighted by Gasteiger charge is -2.36. The van der Waals surface area contributed by atoms with E-state index in [-0.39, 0.29) is 11.8 Å². The van der Waals surface area contributed by atoms with E-state index in [1.165, 1.54) is 0 Å². The Morgan fingerprint density at radius 1 is 1.23 bits per heavy atom. The van der Waals surface area contributed by atoms with Gasteiger partial charge in [-0.2, -0.15) is 0 Å². The van der Waals surface area contributed by atoms with Gasteiger partial charge < -0.3 is 9.42 Å². The molecule has 0 aromatic carbocycles. The molecule has 1 unspecified atom stereocenters. The second kappa shape index (κ2) is 7.97. The van der Waals surface area contributed by atoms with Crippen LogP contribution in [0.3, 0.4) is 0 Å².